The first-order valence-corrected chi connectivity index (χ1v) is 11.1. The highest BCUT2D eigenvalue weighted by Gasteiger charge is 2.69. The maximum absolute atomic E-state index is 13.3. The number of benzene rings is 1. The summed E-state index contributed by atoms with van der Waals surface area (Å²) in [6.45, 7) is 11.1. The van der Waals surface area contributed by atoms with Gasteiger partial charge in [-0.25, -0.2) is 0 Å². The second-order valence-electron chi connectivity index (χ2n) is 10.9. The van der Waals surface area contributed by atoms with Crippen molar-refractivity contribution in [3.05, 3.63) is 36.0 Å². The first-order chi connectivity index (χ1) is 14.5. The van der Waals surface area contributed by atoms with Gasteiger partial charge in [0.05, 0.1) is 6.07 Å². The number of para-hydroxylation sites is 1. The van der Waals surface area contributed by atoms with Crippen LogP contribution in [0.15, 0.2) is 30.5 Å². The van der Waals surface area contributed by atoms with Crippen LogP contribution in [-0.2, 0) is 16.0 Å². The van der Waals surface area contributed by atoms with Crippen molar-refractivity contribution < 1.29 is 9.59 Å². The van der Waals surface area contributed by atoms with Crippen LogP contribution in [0.2, 0.25) is 0 Å². The van der Waals surface area contributed by atoms with Crippen LogP contribution < -0.4 is 5.32 Å². The molecule has 1 aliphatic heterocycles. The minimum Gasteiger partial charge on any atom is -0.361 e. The number of likely N-dealkylation sites (tertiary alicyclic amines) is 1. The number of nitrogens with zero attached hydrogens (tertiary/aromatic N) is 2. The number of nitrogens with one attached hydrogen (secondary N) is 2. The Kier molecular flexibility index (Phi) is 5.12. The van der Waals surface area contributed by atoms with Gasteiger partial charge in [0.1, 0.15) is 12.1 Å². The lowest BCUT2D eigenvalue weighted by Crippen LogP contribution is -2.52. The maximum atomic E-state index is 13.3. The molecule has 0 bridgehead atoms. The Labute approximate surface area is 184 Å². The van der Waals surface area contributed by atoms with E-state index in [1.807, 2.05) is 51.2 Å². The summed E-state index contributed by atoms with van der Waals surface area (Å²) in [4.78, 5) is 31.3. The largest absolute Gasteiger partial charge is 0.361 e. The lowest BCUT2D eigenvalue weighted by molar-refractivity contribution is -0.141. The smallest absolute Gasteiger partial charge is 0.244 e. The Balaban J connectivity index is 1.50. The fraction of sp³-hybridized carbons (Fsp3) is 0.560. The molecule has 1 saturated carbocycles. The fourth-order valence-electron chi connectivity index (χ4n) is 5.30. The minimum absolute atomic E-state index is 0.0285. The predicted octanol–water partition coefficient (Wildman–Crippen LogP) is 3.64. The highest BCUT2D eigenvalue weighted by atomic mass is 16.2. The predicted molar refractivity (Wildman–Crippen MR) is 120 cm³/mol. The summed E-state index contributed by atoms with van der Waals surface area (Å²) in [6, 6.07) is 9.03. The molecular formula is C25H32N4O2. The van der Waals surface area contributed by atoms with E-state index in [1.54, 1.807) is 4.90 Å². The normalized spacial score (nSPS) is 25.0. The summed E-state index contributed by atoms with van der Waals surface area (Å²) >= 11 is 0. The molecule has 6 nitrogen and oxygen atoms in total. The van der Waals surface area contributed by atoms with E-state index in [2.05, 4.69) is 30.2 Å². The van der Waals surface area contributed by atoms with Gasteiger partial charge in [-0.1, -0.05) is 52.8 Å². The van der Waals surface area contributed by atoms with Crippen molar-refractivity contribution in [2.75, 3.05) is 6.54 Å². The zero-order valence-electron chi connectivity index (χ0n) is 19.0. The zero-order chi connectivity index (χ0) is 22.6. The molecule has 1 saturated heterocycles. The van der Waals surface area contributed by atoms with Crippen molar-refractivity contribution in [3.8, 4) is 6.07 Å². The van der Waals surface area contributed by atoms with Gasteiger partial charge < -0.3 is 15.2 Å². The number of hydrogen-bond donors (Lipinski definition) is 2. The molecule has 164 valence electrons. The van der Waals surface area contributed by atoms with Crippen LogP contribution in [-0.4, -0.2) is 40.3 Å². The van der Waals surface area contributed by atoms with Crippen molar-refractivity contribution >= 4 is 22.7 Å². The van der Waals surface area contributed by atoms with Crippen LogP contribution in [0.5, 0.6) is 0 Å². The lowest BCUT2D eigenvalue weighted by atomic mass is 9.90. The quantitative estimate of drug-likeness (QED) is 0.774. The van der Waals surface area contributed by atoms with Gasteiger partial charge in [0.15, 0.2) is 0 Å². The number of amides is 2. The molecule has 31 heavy (non-hydrogen) atoms. The molecule has 3 unspecified atom stereocenters. The van der Waals surface area contributed by atoms with Gasteiger partial charge in [0.25, 0.3) is 0 Å². The summed E-state index contributed by atoms with van der Waals surface area (Å²) in [5.74, 6) is 0.331. The number of carbonyl (C=O) groups excluding carboxylic acids is 2. The van der Waals surface area contributed by atoms with Gasteiger partial charge in [-0.3, -0.25) is 9.59 Å². The average Bonchev–Trinajstić information content (AvgIpc) is 3.07. The van der Waals surface area contributed by atoms with E-state index >= 15 is 0 Å². The molecule has 2 amide bonds. The van der Waals surface area contributed by atoms with Crippen LogP contribution in [0.3, 0.4) is 0 Å². The molecule has 6 heteroatoms. The molecule has 1 aromatic carbocycles. The van der Waals surface area contributed by atoms with Crippen molar-refractivity contribution in [2.24, 2.45) is 22.7 Å². The first-order valence-electron chi connectivity index (χ1n) is 11.1. The van der Waals surface area contributed by atoms with E-state index < -0.39 is 12.1 Å². The van der Waals surface area contributed by atoms with Crippen molar-refractivity contribution in [3.63, 3.8) is 0 Å². The monoisotopic (exact) mass is 420 g/mol. The van der Waals surface area contributed by atoms with Gasteiger partial charge in [0.2, 0.25) is 11.8 Å². The van der Waals surface area contributed by atoms with E-state index in [0.717, 1.165) is 16.5 Å². The molecular weight excluding hydrogens is 388 g/mol. The SMILES string of the molecule is CC(C)(C)CC(=O)N1CC2C([C@H]1C(=O)NC(C#N)Cc1c[nH]c3ccccc13)C2(C)C. The minimum atomic E-state index is -0.646. The molecule has 0 spiro atoms. The number of piperidine rings is 1. The fourth-order valence-corrected chi connectivity index (χ4v) is 5.30. The molecule has 4 rings (SSSR count). The van der Waals surface area contributed by atoms with Crippen molar-refractivity contribution in [1.82, 2.24) is 15.2 Å². The van der Waals surface area contributed by atoms with E-state index in [9.17, 15) is 14.9 Å². The van der Waals surface area contributed by atoms with E-state index in [4.69, 9.17) is 0 Å². The summed E-state index contributed by atoms with van der Waals surface area (Å²) in [5.41, 5.74) is 1.93. The third kappa shape index (κ3) is 3.94. The molecule has 4 atom stereocenters. The number of hydrogen-bond acceptors (Lipinski definition) is 3. The van der Waals surface area contributed by atoms with Crippen LogP contribution in [0.4, 0.5) is 0 Å². The number of nitriles is 1. The summed E-state index contributed by atoms with van der Waals surface area (Å²) in [5, 5.41) is 13.7. The van der Waals surface area contributed by atoms with Gasteiger partial charge in [0, 0.05) is 36.5 Å². The number of carbonyl (C=O) groups is 2. The van der Waals surface area contributed by atoms with Crippen molar-refractivity contribution in [2.45, 2.75) is 59.5 Å². The number of aromatic amines is 1. The lowest BCUT2D eigenvalue weighted by Gasteiger charge is -2.32. The first kappa shape index (κ1) is 21.4. The van der Waals surface area contributed by atoms with E-state index in [1.165, 1.54) is 0 Å². The molecule has 2 heterocycles. The highest BCUT2D eigenvalue weighted by Crippen LogP contribution is 2.65. The molecule has 1 aliphatic carbocycles. The molecule has 2 aliphatic rings. The topological polar surface area (TPSA) is 89.0 Å². The van der Waals surface area contributed by atoms with Crippen molar-refractivity contribution in [1.29, 1.82) is 5.26 Å². The third-order valence-corrected chi connectivity index (χ3v) is 7.05. The van der Waals surface area contributed by atoms with Gasteiger partial charge in [-0.2, -0.15) is 5.26 Å². The Morgan fingerprint density at radius 3 is 2.71 bits per heavy atom. The highest BCUT2D eigenvalue weighted by molar-refractivity contribution is 5.90. The maximum Gasteiger partial charge on any atom is 0.244 e. The Morgan fingerprint density at radius 2 is 2.03 bits per heavy atom. The average molecular weight is 421 g/mol. The molecule has 2 fully saturated rings. The third-order valence-electron chi connectivity index (χ3n) is 7.05. The summed E-state index contributed by atoms with van der Waals surface area (Å²) in [7, 11) is 0. The number of rotatable bonds is 5. The number of fused-ring (bicyclic) bond motifs is 2. The zero-order valence-corrected chi connectivity index (χ0v) is 19.0. The van der Waals surface area contributed by atoms with E-state index in [-0.39, 0.29) is 28.6 Å². The number of aromatic nitrogens is 1. The van der Waals surface area contributed by atoms with E-state index in [0.29, 0.717) is 25.3 Å². The van der Waals surface area contributed by atoms with Gasteiger partial charge >= 0.3 is 0 Å². The van der Waals surface area contributed by atoms with Crippen LogP contribution in [0.1, 0.15) is 46.6 Å². The molecule has 1 aromatic heterocycles. The molecule has 2 N–H and O–H groups in total. The van der Waals surface area contributed by atoms with Crippen LogP contribution in [0, 0.1) is 34.0 Å². The molecule has 0 radical (unpaired) electrons. The second kappa shape index (κ2) is 7.40. The Morgan fingerprint density at radius 1 is 1.32 bits per heavy atom. The van der Waals surface area contributed by atoms with Crippen LogP contribution >= 0.6 is 0 Å². The standard InChI is InChI=1S/C25H32N4O2/c1-24(2,3)11-20(30)29-14-18-21(25(18,4)5)22(29)23(31)28-16(12-26)10-15-13-27-19-9-7-6-8-17(15)19/h6-9,13,16,18,21-22,27H,10-11,14H2,1-5H3,(H,28,31)/t16?,18?,21?,22-/m0/s1. The molecule has 2 aromatic rings. The Bertz CT molecular complexity index is 1060. The Hall–Kier alpha value is -2.81. The van der Waals surface area contributed by atoms with Crippen LogP contribution in [0.25, 0.3) is 10.9 Å². The number of H-pyrrole nitrogens is 1. The van der Waals surface area contributed by atoms with Gasteiger partial charge in [-0.05, 0) is 34.3 Å². The van der Waals surface area contributed by atoms with Gasteiger partial charge in [-0.15, -0.1) is 0 Å². The second-order valence-corrected chi connectivity index (χ2v) is 10.9. The summed E-state index contributed by atoms with van der Waals surface area (Å²) < 4.78 is 0. The summed E-state index contributed by atoms with van der Waals surface area (Å²) in [6.07, 6.45) is 2.73.